The van der Waals surface area contributed by atoms with E-state index >= 15 is 0 Å². The fraction of sp³-hybridized carbons (Fsp3) is 0.750. The van der Waals surface area contributed by atoms with Crippen LogP contribution in [0.4, 0.5) is 0 Å². The molecule has 1 saturated carbocycles. The lowest BCUT2D eigenvalue weighted by Crippen LogP contribution is -2.59. The topological polar surface area (TPSA) is 55.8 Å². The molecule has 4 nitrogen and oxygen atoms in total. The number of cyclic esters (lactones) is 1. The van der Waals surface area contributed by atoms with Crippen LogP contribution in [0.2, 0.25) is 0 Å². The molecular weight excluding hydrogens is 304 g/mol. The number of aliphatic hydroxyl groups is 1. The van der Waals surface area contributed by atoms with Gasteiger partial charge in [-0.25, -0.2) is 4.79 Å². The maximum atomic E-state index is 11.3. The van der Waals surface area contributed by atoms with E-state index < -0.39 is 0 Å². The van der Waals surface area contributed by atoms with Gasteiger partial charge >= 0.3 is 5.97 Å². The van der Waals surface area contributed by atoms with Crippen LogP contribution >= 0.6 is 0 Å². The lowest BCUT2D eigenvalue weighted by molar-refractivity contribution is -0.164. The van der Waals surface area contributed by atoms with Gasteiger partial charge in [0.2, 0.25) is 0 Å². The fourth-order valence-electron chi connectivity index (χ4n) is 5.78. The average Bonchev–Trinajstić information content (AvgIpc) is 3.02. The molecule has 0 radical (unpaired) electrons. The molecule has 4 heteroatoms. The van der Waals surface area contributed by atoms with Crippen molar-refractivity contribution in [3.8, 4) is 0 Å². The van der Waals surface area contributed by atoms with Crippen LogP contribution in [0.1, 0.15) is 46.0 Å². The molecule has 24 heavy (non-hydrogen) atoms. The molecule has 5 aliphatic rings. The van der Waals surface area contributed by atoms with Gasteiger partial charge in [0.05, 0.1) is 19.3 Å². The Morgan fingerprint density at radius 1 is 1.42 bits per heavy atom. The third-order valence-corrected chi connectivity index (χ3v) is 7.54. The standard InChI is InChI=1S/C20H28O4/c1-13-3-6-20-12-24-16(8-15(20)10-21)9-17(20)19(13,2)5-4-14-7-18(22)23-11-14/h7-8,13,16-17,21H,3-6,9-12H2,1-2H3. The third kappa shape index (κ3) is 2.30. The molecule has 0 amide bonds. The number of hydrogen-bond donors (Lipinski definition) is 1. The maximum absolute atomic E-state index is 11.3. The van der Waals surface area contributed by atoms with Gasteiger partial charge < -0.3 is 14.6 Å². The Kier molecular flexibility index (Phi) is 3.88. The van der Waals surface area contributed by atoms with Gasteiger partial charge in [-0.05, 0) is 60.5 Å². The fourth-order valence-corrected chi connectivity index (χ4v) is 5.78. The highest BCUT2D eigenvalue weighted by Crippen LogP contribution is 2.64. The van der Waals surface area contributed by atoms with Crippen molar-refractivity contribution in [2.75, 3.05) is 19.8 Å². The van der Waals surface area contributed by atoms with Crippen molar-refractivity contribution in [1.82, 2.24) is 0 Å². The Balaban J connectivity index is 1.61. The molecule has 2 fully saturated rings. The molecule has 2 bridgehead atoms. The molecular formula is C20H28O4. The monoisotopic (exact) mass is 332 g/mol. The van der Waals surface area contributed by atoms with Crippen LogP contribution in [0, 0.1) is 22.7 Å². The van der Waals surface area contributed by atoms with Crippen LogP contribution in [0.5, 0.6) is 0 Å². The van der Waals surface area contributed by atoms with E-state index in [1.54, 1.807) is 6.08 Å². The minimum Gasteiger partial charge on any atom is -0.458 e. The molecule has 5 unspecified atom stereocenters. The quantitative estimate of drug-likeness (QED) is 0.635. The highest BCUT2D eigenvalue weighted by molar-refractivity contribution is 5.85. The number of aliphatic hydroxyl groups excluding tert-OH is 1. The van der Waals surface area contributed by atoms with Gasteiger partial charge in [0, 0.05) is 11.5 Å². The number of rotatable bonds is 4. The molecule has 1 saturated heterocycles. The van der Waals surface area contributed by atoms with Crippen molar-refractivity contribution < 1.29 is 19.4 Å². The minimum atomic E-state index is -0.195. The molecule has 3 heterocycles. The summed E-state index contributed by atoms with van der Waals surface area (Å²) in [4.78, 5) is 11.3. The van der Waals surface area contributed by atoms with Gasteiger partial charge in [-0.1, -0.05) is 19.9 Å². The molecule has 0 aromatic heterocycles. The van der Waals surface area contributed by atoms with E-state index in [0.717, 1.165) is 37.9 Å². The predicted octanol–water partition coefficient (Wildman–Crippen LogP) is 3.01. The Labute approximate surface area is 143 Å². The number of ether oxygens (including phenoxy) is 2. The second-order valence-electron chi connectivity index (χ2n) is 8.50. The van der Waals surface area contributed by atoms with Crippen molar-refractivity contribution in [2.45, 2.75) is 52.1 Å². The van der Waals surface area contributed by atoms with Crippen molar-refractivity contribution in [3.63, 3.8) is 0 Å². The van der Waals surface area contributed by atoms with Crippen LogP contribution in [-0.4, -0.2) is 37.0 Å². The van der Waals surface area contributed by atoms with Gasteiger partial charge in [-0.3, -0.25) is 0 Å². The van der Waals surface area contributed by atoms with Crippen molar-refractivity contribution in [2.24, 2.45) is 22.7 Å². The van der Waals surface area contributed by atoms with Gasteiger partial charge in [-0.2, -0.15) is 0 Å². The van der Waals surface area contributed by atoms with Crippen molar-refractivity contribution in [1.29, 1.82) is 0 Å². The lowest BCUT2D eigenvalue weighted by atomic mass is 9.45. The number of carbonyl (C=O) groups is 1. The summed E-state index contributed by atoms with van der Waals surface area (Å²) in [6.45, 7) is 6.20. The molecule has 5 atom stereocenters. The Hall–Kier alpha value is -1.13. The van der Waals surface area contributed by atoms with Crippen LogP contribution in [0.15, 0.2) is 23.3 Å². The van der Waals surface area contributed by atoms with E-state index in [-0.39, 0.29) is 29.5 Å². The smallest absolute Gasteiger partial charge is 0.331 e. The normalized spacial score (nSPS) is 44.0. The molecule has 1 N–H and O–H groups in total. The largest absolute Gasteiger partial charge is 0.458 e. The number of hydrogen-bond acceptors (Lipinski definition) is 4. The summed E-state index contributed by atoms with van der Waals surface area (Å²) in [5.41, 5.74) is 2.58. The zero-order valence-corrected chi connectivity index (χ0v) is 14.7. The van der Waals surface area contributed by atoms with Gasteiger partial charge in [0.15, 0.2) is 0 Å². The Bertz CT molecular complexity index is 607. The summed E-state index contributed by atoms with van der Waals surface area (Å²) in [5.74, 6) is 1.00. The number of carbonyl (C=O) groups excluding carboxylic acids is 1. The highest BCUT2D eigenvalue weighted by atomic mass is 16.5. The molecule has 3 aliphatic heterocycles. The summed E-state index contributed by atoms with van der Waals surface area (Å²) in [6, 6.07) is 0. The number of fused-ring (bicyclic) bond motifs is 1. The molecule has 132 valence electrons. The zero-order valence-electron chi connectivity index (χ0n) is 14.7. The lowest BCUT2D eigenvalue weighted by Gasteiger charge is -2.62. The molecule has 0 aromatic carbocycles. The molecule has 0 aromatic rings. The van der Waals surface area contributed by atoms with Gasteiger partial charge in [-0.15, -0.1) is 0 Å². The first kappa shape index (κ1) is 16.3. The third-order valence-electron chi connectivity index (χ3n) is 7.54. The van der Waals surface area contributed by atoms with Gasteiger partial charge in [0.1, 0.15) is 6.61 Å². The first-order valence-corrected chi connectivity index (χ1v) is 9.28. The summed E-state index contributed by atoms with van der Waals surface area (Å²) in [6.07, 6.45) is 9.39. The van der Waals surface area contributed by atoms with Gasteiger partial charge in [0.25, 0.3) is 0 Å². The van der Waals surface area contributed by atoms with E-state index in [2.05, 4.69) is 19.9 Å². The average molecular weight is 332 g/mol. The SMILES string of the molecule is CC1CCC23COC(C=C2CO)CC3C1(C)CCC1=CC(=O)OC1. The van der Waals surface area contributed by atoms with Crippen LogP contribution in [0.3, 0.4) is 0 Å². The van der Waals surface area contributed by atoms with E-state index in [9.17, 15) is 9.90 Å². The zero-order chi connectivity index (χ0) is 16.9. The predicted molar refractivity (Wildman–Crippen MR) is 90.2 cm³/mol. The number of esters is 1. The maximum Gasteiger partial charge on any atom is 0.331 e. The minimum absolute atomic E-state index is 0.0289. The summed E-state index contributed by atoms with van der Waals surface area (Å²) in [7, 11) is 0. The molecule has 1 spiro atoms. The summed E-state index contributed by atoms with van der Waals surface area (Å²) >= 11 is 0. The van der Waals surface area contributed by atoms with Crippen LogP contribution < -0.4 is 0 Å². The highest BCUT2D eigenvalue weighted by Gasteiger charge is 2.59. The molecule has 5 rings (SSSR count). The summed E-state index contributed by atoms with van der Waals surface area (Å²) in [5, 5.41) is 9.93. The second kappa shape index (κ2) is 5.70. The molecule has 2 aliphatic carbocycles. The Morgan fingerprint density at radius 3 is 2.96 bits per heavy atom. The van der Waals surface area contributed by atoms with Crippen LogP contribution in [0.25, 0.3) is 0 Å². The van der Waals surface area contributed by atoms with Crippen LogP contribution in [-0.2, 0) is 14.3 Å². The van der Waals surface area contributed by atoms with E-state index in [1.165, 1.54) is 12.0 Å². The van der Waals surface area contributed by atoms with E-state index in [0.29, 0.717) is 18.4 Å². The Morgan fingerprint density at radius 2 is 2.25 bits per heavy atom. The first-order chi connectivity index (χ1) is 11.5. The van der Waals surface area contributed by atoms with E-state index in [1.807, 2.05) is 0 Å². The van der Waals surface area contributed by atoms with Crippen molar-refractivity contribution in [3.05, 3.63) is 23.3 Å². The first-order valence-electron chi connectivity index (χ1n) is 9.28. The second-order valence-corrected chi connectivity index (χ2v) is 8.50. The van der Waals surface area contributed by atoms with E-state index in [4.69, 9.17) is 9.47 Å². The van der Waals surface area contributed by atoms with Crippen molar-refractivity contribution >= 4 is 5.97 Å². The summed E-state index contributed by atoms with van der Waals surface area (Å²) < 4.78 is 11.1.